The summed E-state index contributed by atoms with van der Waals surface area (Å²) < 4.78 is 13.6. The quantitative estimate of drug-likeness (QED) is 0.758. The second-order valence-electron chi connectivity index (χ2n) is 5.89. The number of rotatable bonds is 5. The van der Waals surface area contributed by atoms with E-state index < -0.39 is 0 Å². The van der Waals surface area contributed by atoms with E-state index in [1.165, 1.54) is 11.7 Å². The number of carbonyl (C=O) groups is 1. The molecule has 0 aliphatic heterocycles. The third kappa shape index (κ3) is 4.06. The van der Waals surface area contributed by atoms with Crippen LogP contribution in [-0.2, 0) is 6.54 Å². The Morgan fingerprint density at radius 3 is 2.64 bits per heavy atom. The van der Waals surface area contributed by atoms with E-state index in [4.69, 9.17) is 4.74 Å². The smallest absolute Gasteiger partial charge is 0.317 e. The Morgan fingerprint density at radius 1 is 1.20 bits per heavy atom. The van der Waals surface area contributed by atoms with Gasteiger partial charge in [0.1, 0.15) is 16.8 Å². The summed E-state index contributed by atoms with van der Waals surface area (Å²) in [4.78, 5) is 14.1. The zero-order valence-corrected chi connectivity index (χ0v) is 15.2. The van der Waals surface area contributed by atoms with Gasteiger partial charge in [0.05, 0.1) is 24.9 Å². The number of fused-ring (bicyclic) bond motifs is 1. The number of hydrogen-bond acceptors (Lipinski definition) is 5. The fourth-order valence-corrected chi connectivity index (χ4v) is 3.06. The van der Waals surface area contributed by atoms with Crippen molar-refractivity contribution in [2.45, 2.75) is 19.5 Å². The molecule has 0 unspecified atom stereocenters. The molecule has 3 rings (SSSR count). The summed E-state index contributed by atoms with van der Waals surface area (Å²) in [5, 5.41) is 3.01. The van der Waals surface area contributed by atoms with Gasteiger partial charge in [-0.15, -0.1) is 0 Å². The van der Waals surface area contributed by atoms with Gasteiger partial charge in [0.15, 0.2) is 0 Å². The van der Waals surface area contributed by atoms with Crippen molar-refractivity contribution in [3.63, 3.8) is 0 Å². The van der Waals surface area contributed by atoms with E-state index in [1.807, 2.05) is 49.4 Å². The van der Waals surface area contributed by atoms with Crippen molar-refractivity contribution in [1.29, 1.82) is 0 Å². The van der Waals surface area contributed by atoms with E-state index in [0.29, 0.717) is 6.54 Å². The van der Waals surface area contributed by atoms with Crippen LogP contribution in [0.25, 0.3) is 11.0 Å². The first-order valence-corrected chi connectivity index (χ1v) is 8.66. The van der Waals surface area contributed by atoms with E-state index in [-0.39, 0.29) is 12.1 Å². The lowest BCUT2D eigenvalue weighted by Gasteiger charge is -2.22. The minimum absolute atomic E-state index is 0.0916. The van der Waals surface area contributed by atoms with Gasteiger partial charge < -0.3 is 15.0 Å². The van der Waals surface area contributed by atoms with Crippen molar-refractivity contribution < 1.29 is 9.53 Å². The number of carbonyl (C=O) groups excluding carboxylic acids is 1. The molecule has 0 bridgehead atoms. The van der Waals surface area contributed by atoms with Gasteiger partial charge in [0.2, 0.25) is 0 Å². The molecule has 130 valence electrons. The molecule has 2 amide bonds. The molecule has 6 nitrogen and oxygen atoms in total. The Balaban J connectivity index is 1.61. The van der Waals surface area contributed by atoms with Crippen molar-refractivity contribution >= 4 is 28.8 Å². The van der Waals surface area contributed by atoms with Crippen LogP contribution in [-0.4, -0.2) is 33.8 Å². The molecular formula is C18H20N4O2S. The summed E-state index contributed by atoms with van der Waals surface area (Å²) in [5.41, 5.74) is 3.80. The fraction of sp³-hybridized carbons (Fsp3) is 0.278. The van der Waals surface area contributed by atoms with Gasteiger partial charge in [-0.05, 0) is 42.3 Å². The number of urea groups is 1. The number of benzene rings is 2. The average Bonchev–Trinajstić information content (AvgIpc) is 3.09. The number of hydrogen-bond donors (Lipinski definition) is 1. The second kappa shape index (κ2) is 7.48. The standard InChI is InChI=1S/C18H20N4O2S/c1-12(14-5-7-15(24-3)8-6-14)19-18(23)22(2)11-13-4-9-16-17(10-13)21-25-20-16/h4-10,12H,11H2,1-3H3,(H,19,23)/t12-/m1/s1. The number of nitrogens with zero attached hydrogens (tertiary/aromatic N) is 3. The Morgan fingerprint density at radius 2 is 1.92 bits per heavy atom. The summed E-state index contributed by atoms with van der Waals surface area (Å²) in [6.07, 6.45) is 0. The van der Waals surface area contributed by atoms with Gasteiger partial charge in [0, 0.05) is 13.6 Å². The molecule has 1 N–H and O–H groups in total. The lowest BCUT2D eigenvalue weighted by Crippen LogP contribution is -2.38. The molecule has 0 spiro atoms. The molecule has 25 heavy (non-hydrogen) atoms. The summed E-state index contributed by atoms with van der Waals surface area (Å²) in [6.45, 7) is 2.47. The first-order chi connectivity index (χ1) is 12.1. The van der Waals surface area contributed by atoms with E-state index in [9.17, 15) is 4.79 Å². The minimum Gasteiger partial charge on any atom is -0.497 e. The highest BCUT2D eigenvalue weighted by Crippen LogP contribution is 2.18. The zero-order valence-electron chi connectivity index (χ0n) is 14.4. The Labute approximate surface area is 150 Å². The highest BCUT2D eigenvalue weighted by molar-refractivity contribution is 7.00. The molecule has 3 aromatic rings. The van der Waals surface area contributed by atoms with Crippen LogP contribution in [0, 0.1) is 0 Å². The first-order valence-electron chi connectivity index (χ1n) is 7.93. The maximum atomic E-state index is 12.4. The molecule has 2 aromatic carbocycles. The minimum atomic E-state index is -0.125. The van der Waals surface area contributed by atoms with Gasteiger partial charge in [-0.3, -0.25) is 0 Å². The highest BCUT2D eigenvalue weighted by Gasteiger charge is 2.14. The van der Waals surface area contributed by atoms with Crippen molar-refractivity contribution in [2.24, 2.45) is 0 Å². The van der Waals surface area contributed by atoms with Gasteiger partial charge in [-0.1, -0.05) is 18.2 Å². The van der Waals surface area contributed by atoms with Crippen molar-refractivity contribution in [1.82, 2.24) is 19.0 Å². The lowest BCUT2D eigenvalue weighted by atomic mass is 10.1. The van der Waals surface area contributed by atoms with Crippen LogP contribution in [0.3, 0.4) is 0 Å². The van der Waals surface area contributed by atoms with Crippen molar-refractivity contribution in [2.75, 3.05) is 14.2 Å². The van der Waals surface area contributed by atoms with Gasteiger partial charge in [-0.2, -0.15) is 8.75 Å². The molecule has 0 aliphatic carbocycles. The first kappa shape index (κ1) is 17.2. The van der Waals surface area contributed by atoms with E-state index in [2.05, 4.69) is 14.1 Å². The van der Waals surface area contributed by atoms with Gasteiger partial charge in [0.25, 0.3) is 0 Å². The van der Waals surface area contributed by atoms with Crippen LogP contribution in [0.1, 0.15) is 24.1 Å². The van der Waals surface area contributed by atoms with Crippen LogP contribution in [0.5, 0.6) is 5.75 Å². The van der Waals surface area contributed by atoms with Crippen LogP contribution < -0.4 is 10.1 Å². The molecule has 0 fully saturated rings. The van der Waals surface area contributed by atoms with Crippen LogP contribution >= 0.6 is 11.7 Å². The van der Waals surface area contributed by atoms with Gasteiger partial charge >= 0.3 is 6.03 Å². The zero-order chi connectivity index (χ0) is 17.8. The molecule has 0 radical (unpaired) electrons. The van der Waals surface area contributed by atoms with E-state index in [1.54, 1.807) is 19.1 Å². The van der Waals surface area contributed by atoms with E-state index >= 15 is 0 Å². The molecule has 1 atom stereocenters. The maximum Gasteiger partial charge on any atom is 0.317 e. The number of methoxy groups -OCH3 is 1. The molecule has 1 aromatic heterocycles. The van der Waals surface area contributed by atoms with Crippen molar-refractivity contribution in [3.8, 4) is 5.75 Å². The molecule has 7 heteroatoms. The van der Waals surface area contributed by atoms with E-state index in [0.717, 1.165) is 27.9 Å². The number of aromatic nitrogens is 2. The largest absolute Gasteiger partial charge is 0.497 e. The van der Waals surface area contributed by atoms with Crippen molar-refractivity contribution in [3.05, 3.63) is 53.6 Å². The Bertz CT molecular complexity index is 863. The predicted molar refractivity (Wildman–Crippen MR) is 98.8 cm³/mol. The lowest BCUT2D eigenvalue weighted by molar-refractivity contribution is 0.203. The number of ether oxygens (including phenoxy) is 1. The second-order valence-corrected chi connectivity index (χ2v) is 6.42. The Hall–Kier alpha value is -2.67. The topological polar surface area (TPSA) is 67.3 Å². The van der Waals surface area contributed by atoms with Crippen LogP contribution in [0.4, 0.5) is 4.79 Å². The summed E-state index contributed by atoms with van der Waals surface area (Å²) >= 11 is 1.19. The summed E-state index contributed by atoms with van der Waals surface area (Å²) in [7, 11) is 3.41. The summed E-state index contributed by atoms with van der Waals surface area (Å²) in [6, 6.07) is 13.3. The highest BCUT2D eigenvalue weighted by atomic mass is 32.1. The monoisotopic (exact) mass is 356 g/mol. The maximum absolute atomic E-state index is 12.4. The molecule has 0 saturated carbocycles. The average molecular weight is 356 g/mol. The molecule has 0 aliphatic rings. The molecule has 0 saturated heterocycles. The molecule has 1 heterocycles. The third-order valence-electron chi connectivity index (χ3n) is 4.04. The molecular weight excluding hydrogens is 336 g/mol. The summed E-state index contributed by atoms with van der Waals surface area (Å²) in [5.74, 6) is 0.798. The fourth-order valence-electron chi connectivity index (χ4n) is 2.54. The third-order valence-corrected chi connectivity index (χ3v) is 4.60. The number of amides is 2. The Kier molecular flexibility index (Phi) is 5.14. The SMILES string of the molecule is COc1ccc([C@@H](C)NC(=O)N(C)Cc2ccc3nsnc3c2)cc1. The predicted octanol–water partition coefficient (Wildman–Crippen LogP) is 3.60. The van der Waals surface area contributed by atoms with Crippen LogP contribution in [0.15, 0.2) is 42.5 Å². The van der Waals surface area contributed by atoms with Crippen LogP contribution in [0.2, 0.25) is 0 Å². The normalized spacial score (nSPS) is 12.0. The van der Waals surface area contributed by atoms with Gasteiger partial charge in [-0.25, -0.2) is 4.79 Å². The number of nitrogens with one attached hydrogen (secondary N) is 1.